The van der Waals surface area contributed by atoms with Crippen LogP contribution in [0, 0.1) is 0 Å². The number of carbonyl (C=O) groups excluding carboxylic acids is 2. The highest BCUT2D eigenvalue weighted by molar-refractivity contribution is 6.30. The fraction of sp³-hybridized carbons (Fsp3) is 0.286. The quantitative estimate of drug-likeness (QED) is 0.479. The van der Waals surface area contributed by atoms with Gasteiger partial charge in [0.25, 0.3) is 5.91 Å². The second-order valence-electron chi connectivity index (χ2n) is 8.68. The zero-order chi connectivity index (χ0) is 24.5. The largest absolute Gasteiger partial charge is 0.374 e. The normalized spacial score (nSPS) is 16.9. The summed E-state index contributed by atoms with van der Waals surface area (Å²) in [6.07, 6.45) is 0.276. The van der Waals surface area contributed by atoms with Crippen molar-refractivity contribution in [2.75, 3.05) is 26.2 Å². The smallest absolute Gasteiger partial charge is 0.251 e. The third kappa shape index (κ3) is 7.65. The second-order valence-corrected chi connectivity index (χ2v) is 9.12. The molecule has 2 atom stereocenters. The van der Waals surface area contributed by atoms with Crippen LogP contribution < -0.4 is 10.6 Å². The molecule has 1 aliphatic heterocycles. The Morgan fingerprint density at radius 2 is 1.60 bits per heavy atom. The van der Waals surface area contributed by atoms with Gasteiger partial charge in [-0.05, 0) is 35.4 Å². The van der Waals surface area contributed by atoms with E-state index in [2.05, 4.69) is 27.7 Å². The maximum Gasteiger partial charge on any atom is 0.251 e. The Morgan fingerprint density at radius 3 is 2.29 bits per heavy atom. The van der Waals surface area contributed by atoms with Gasteiger partial charge in [0.05, 0.1) is 12.7 Å². The minimum absolute atomic E-state index is 0.110. The molecule has 35 heavy (non-hydrogen) atoms. The van der Waals surface area contributed by atoms with Crippen molar-refractivity contribution in [1.82, 2.24) is 15.5 Å². The number of amides is 2. The Morgan fingerprint density at radius 1 is 0.943 bits per heavy atom. The highest BCUT2D eigenvalue weighted by atomic mass is 35.5. The molecule has 1 heterocycles. The summed E-state index contributed by atoms with van der Waals surface area (Å²) in [6.45, 7) is 3.44. The summed E-state index contributed by atoms with van der Waals surface area (Å²) in [6, 6.07) is 25.9. The van der Waals surface area contributed by atoms with Crippen LogP contribution in [0.1, 0.15) is 21.5 Å². The first-order chi connectivity index (χ1) is 17.1. The van der Waals surface area contributed by atoms with Gasteiger partial charge >= 0.3 is 0 Å². The SMILES string of the molecule is O=C(NC(Cc1ccccc1)C(=O)NCC1CN(Cc2ccccc2)CCO1)c1ccc(Cl)cc1. The van der Waals surface area contributed by atoms with Crippen LogP contribution in [0.2, 0.25) is 5.02 Å². The molecule has 1 aliphatic rings. The fourth-order valence-electron chi connectivity index (χ4n) is 4.13. The van der Waals surface area contributed by atoms with Gasteiger partial charge in [0.1, 0.15) is 6.04 Å². The standard InChI is InChI=1S/C28H30ClN3O3/c29-24-13-11-23(12-14-24)27(33)31-26(17-21-7-3-1-4-8-21)28(34)30-18-25-20-32(15-16-35-25)19-22-9-5-2-6-10-22/h1-14,25-26H,15-20H2,(H,30,34)(H,31,33). The lowest BCUT2D eigenvalue weighted by Gasteiger charge is -2.33. The van der Waals surface area contributed by atoms with E-state index in [1.807, 2.05) is 48.5 Å². The Hall–Kier alpha value is -3.19. The van der Waals surface area contributed by atoms with Crippen molar-refractivity contribution in [3.63, 3.8) is 0 Å². The lowest BCUT2D eigenvalue weighted by Crippen LogP contribution is -2.52. The number of hydrogen-bond donors (Lipinski definition) is 2. The molecule has 0 saturated carbocycles. The summed E-state index contributed by atoms with van der Waals surface area (Å²) in [5, 5.41) is 6.43. The number of nitrogens with zero attached hydrogens (tertiary/aromatic N) is 1. The van der Waals surface area contributed by atoms with Crippen LogP contribution in [0.4, 0.5) is 0 Å². The number of benzene rings is 3. The average Bonchev–Trinajstić information content (AvgIpc) is 2.89. The van der Waals surface area contributed by atoms with Crippen molar-refractivity contribution in [3.05, 3.63) is 107 Å². The van der Waals surface area contributed by atoms with E-state index >= 15 is 0 Å². The summed E-state index contributed by atoms with van der Waals surface area (Å²) in [5.41, 5.74) is 2.67. The summed E-state index contributed by atoms with van der Waals surface area (Å²) in [7, 11) is 0. The van der Waals surface area contributed by atoms with Crippen LogP contribution in [0.25, 0.3) is 0 Å². The zero-order valence-electron chi connectivity index (χ0n) is 19.5. The van der Waals surface area contributed by atoms with E-state index < -0.39 is 6.04 Å². The molecule has 0 bridgehead atoms. The highest BCUT2D eigenvalue weighted by Crippen LogP contribution is 2.12. The Balaban J connectivity index is 1.36. The van der Waals surface area contributed by atoms with Crippen LogP contribution in [-0.2, 0) is 22.5 Å². The average molecular weight is 492 g/mol. The molecule has 182 valence electrons. The monoisotopic (exact) mass is 491 g/mol. The number of halogens is 1. The number of morpholine rings is 1. The maximum absolute atomic E-state index is 13.2. The molecule has 0 aliphatic carbocycles. The zero-order valence-corrected chi connectivity index (χ0v) is 20.3. The van der Waals surface area contributed by atoms with Crippen LogP contribution in [-0.4, -0.2) is 55.1 Å². The molecular weight excluding hydrogens is 462 g/mol. The van der Waals surface area contributed by atoms with Crippen LogP contribution in [0.3, 0.4) is 0 Å². The molecule has 4 rings (SSSR count). The Bertz CT molecular complexity index is 1090. The number of ether oxygens (including phenoxy) is 1. The van der Waals surface area contributed by atoms with Crippen LogP contribution in [0.15, 0.2) is 84.9 Å². The molecule has 6 nitrogen and oxygen atoms in total. The molecule has 2 unspecified atom stereocenters. The van der Waals surface area contributed by atoms with Gasteiger partial charge in [-0.15, -0.1) is 0 Å². The van der Waals surface area contributed by atoms with E-state index in [0.717, 1.165) is 25.2 Å². The van der Waals surface area contributed by atoms with E-state index in [9.17, 15) is 9.59 Å². The molecule has 0 spiro atoms. The van der Waals surface area contributed by atoms with E-state index in [4.69, 9.17) is 16.3 Å². The van der Waals surface area contributed by atoms with Crippen molar-refractivity contribution in [3.8, 4) is 0 Å². The van der Waals surface area contributed by atoms with E-state index in [-0.39, 0.29) is 17.9 Å². The van der Waals surface area contributed by atoms with Crippen molar-refractivity contribution < 1.29 is 14.3 Å². The van der Waals surface area contributed by atoms with Gasteiger partial charge in [0, 0.05) is 43.2 Å². The number of nitrogens with one attached hydrogen (secondary N) is 2. The molecule has 2 amide bonds. The molecule has 2 N–H and O–H groups in total. The molecule has 0 aromatic heterocycles. The third-order valence-electron chi connectivity index (χ3n) is 5.99. The van der Waals surface area contributed by atoms with Crippen molar-refractivity contribution in [2.24, 2.45) is 0 Å². The van der Waals surface area contributed by atoms with Crippen molar-refractivity contribution in [1.29, 1.82) is 0 Å². The molecule has 3 aromatic rings. The predicted octanol–water partition coefficient (Wildman–Crippen LogP) is 3.70. The van der Waals surface area contributed by atoms with Gasteiger partial charge in [-0.2, -0.15) is 0 Å². The highest BCUT2D eigenvalue weighted by Gasteiger charge is 2.25. The lowest BCUT2D eigenvalue weighted by molar-refractivity contribution is -0.124. The Labute approximate surface area is 211 Å². The molecule has 1 fully saturated rings. The first kappa shape index (κ1) is 24.9. The lowest BCUT2D eigenvalue weighted by atomic mass is 10.0. The van der Waals surface area contributed by atoms with E-state index in [1.54, 1.807) is 24.3 Å². The van der Waals surface area contributed by atoms with Crippen LogP contribution in [0.5, 0.6) is 0 Å². The summed E-state index contributed by atoms with van der Waals surface area (Å²) < 4.78 is 5.90. The van der Waals surface area contributed by atoms with E-state index in [1.165, 1.54) is 5.56 Å². The van der Waals surface area contributed by atoms with Gasteiger partial charge < -0.3 is 15.4 Å². The molecule has 1 saturated heterocycles. The minimum atomic E-state index is -0.718. The second kappa shape index (κ2) is 12.5. The van der Waals surface area contributed by atoms with Crippen molar-refractivity contribution >= 4 is 23.4 Å². The van der Waals surface area contributed by atoms with Gasteiger partial charge in [-0.1, -0.05) is 72.3 Å². The molecule has 3 aromatic carbocycles. The maximum atomic E-state index is 13.2. The molecule has 7 heteroatoms. The van der Waals surface area contributed by atoms with Gasteiger partial charge in [-0.25, -0.2) is 0 Å². The first-order valence-corrected chi connectivity index (χ1v) is 12.2. The van der Waals surface area contributed by atoms with Gasteiger partial charge in [0.2, 0.25) is 5.91 Å². The Kier molecular flexibility index (Phi) is 8.90. The molecule has 0 radical (unpaired) electrons. The number of rotatable bonds is 9. The molecular formula is C28H30ClN3O3. The third-order valence-corrected chi connectivity index (χ3v) is 6.24. The topological polar surface area (TPSA) is 70.7 Å². The number of hydrogen-bond acceptors (Lipinski definition) is 4. The first-order valence-electron chi connectivity index (χ1n) is 11.8. The minimum Gasteiger partial charge on any atom is -0.374 e. The summed E-state index contributed by atoms with van der Waals surface area (Å²) in [5.74, 6) is -0.555. The van der Waals surface area contributed by atoms with E-state index in [0.29, 0.717) is 30.2 Å². The number of carbonyl (C=O) groups is 2. The predicted molar refractivity (Wildman–Crippen MR) is 137 cm³/mol. The van der Waals surface area contributed by atoms with Gasteiger partial charge in [0.15, 0.2) is 0 Å². The van der Waals surface area contributed by atoms with Crippen molar-refractivity contribution in [2.45, 2.75) is 25.1 Å². The summed E-state index contributed by atoms with van der Waals surface area (Å²) in [4.78, 5) is 28.3. The summed E-state index contributed by atoms with van der Waals surface area (Å²) >= 11 is 5.94. The fourth-order valence-corrected chi connectivity index (χ4v) is 4.25. The van der Waals surface area contributed by atoms with Gasteiger partial charge in [-0.3, -0.25) is 14.5 Å². The van der Waals surface area contributed by atoms with Crippen LogP contribution >= 0.6 is 11.6 Å².